The topological polar surface area (TPSA) is 64.0 Å². The third-order valence-corrected chi connectivity index (χ3v) is 5.09. The van der Waals surface area contributed by atoms with Crippen molar-refractivity contribution in [2.75, 3.05) is 13.1 Å². The Labute approximate surface area is 142 Å². The Bertz CT molecular complexity index is 692. The second-order valence-electron chi connectivity index (χ2n) is 6.71. The molecule has 1 aliphatic heterocycles. The van der Waals surface area contributed by atoms with Crippen LogP contribution in [0.25, 0.3) is 0 Å². The van der Waals surface area contributed by atoms with Gasteiger partial charge in [-0.2, -0.15) is 5.10 Å². The summed E-state index contributed by atoms with van der Waals surface area (Å²) in [7, 11) is 2.03. The highest BCUT2D eigenvalue weighted by molar-refractivity contribution is 5.31. The van der Waals surface area contributed by atoms with Crippen LogP contribution in [0.5, 0.6) is 5.75 Å². The smallest absolute Gasteiger partial charge is 0.142 e. The van der Waals surface area contributed by atoms with Crippen LogP contribution in [0.3, 0.4) is 0 Å². The SMILES string of the molecule is Cn1ncc2c1CCCC2NCc1ccncc1O[C@H]1CCNC1. The normalized spacial score (nSPS) is 23.2. The van der Waals surface area contributed by atoms with Gasteiger partial charge in [0.25, 0.3) is 0 Å². The molecule has 2 aromatic heterocycles. The van der Waals surface area contributed by atoms with Crippen LogP contribution in [0, 0.1) is 0 Å². The average Bonchev–Trinajstić information content (AvgIpc) is 3.25. The van der Waals surface area contributed by atoms with Crippen LogP contribution in [0.15, 0.2) is 24.7 Å². The lowest BCUT2D eigenvalue weighted by atomic mass is 9.93. The average molecular weight is 327 g/mol. The Morgan fingerprint density at radius 2 is 2.33 bits per heavy atom. The molecular weight excluding hydrogens is 302 g/mol. The van der Waals surface area contributed by atoms with Crippen LogP contribution in [0.1, 0.15) is 42.1 Å². The zero-order valence-corrected chi connectivity index (χ0v) is 14.2. The van der Waals surface area contributed by atoms with E-state index < -0.39 is 0 Å². The molecule has 1 aliphatic carbocycles. The van der Waals surface area contributed by atoms with Gasteiger partial charge in [0.05, 0.1) is 12.4 Å². The fraction of sp³-hybridized carbons (Fsp3) is 0.556. The summed E-state index contributed by atoms with van der Waals surface area (Å²) in [6, 6.07) is 2.43. The fourth-order valence-corrected chi connectivity index (χ4v) is 3.72. The van der Waals surface area contributed by atoms with Gasteiger partial charge in [-0.1, -0.05) is 0 Å². The van der Waals surface area contributed by atoms with Crippen molar-refractivity contribution in [2.24, 2.45) is 7.05 Å². The first-order valence-electron chi connectivity index (χ1n) is 8.85. The van der Waals surface area contributed by atoms with E-state index in [9.17, 15) is 0 Å². The zero-order valence-electron chi connectivity index (χ0n) is 14.2. The van der Waals surface area contributed by atoms with E-state index in [-0.39, 0.29) is 6.10 Å². The van der Waals surface area contributed by atoms with Gasteiger partial charge in [-0.05, 0) is 38.3 Å². The number of aryl methyl sites for hydroxylation is 1. The minimum atomic E-state index is 0.257. The van der Waals surface area contributed by atoms with Crippen molar-refractivity contribution in [3.8, 4) is 5.75 Å². The molecule has 0 radical (unpaired) electrons. The molecule has 2 atom stereocenters. The second-order valence-corrected chi connectivity index (χ2v) is 6.71. The molecular formula is C18H25N5O. The molecule has 1 unspecified atom stereocenters. The summed E-state index contributed by atoms with van der Waals surface area (Å²) < 4.78 is 8.15. The quantitative estimate of drug-likeness (QED) is 0.875. The number of pyridine rings is 1. The number of hydrogen-bond acceptors (Lipinski definition) is 5. The van der Waals surface area contributed by atoms with Gasteiger partial charge in [0.15, 0.2) is 0 Å². The van der Waals surface area contributed by atoms with Crippen molar-refractivity contribution in [1.82, 2.24) is 25.4 Å². The molecule has 2 aromatic rings. The van der Waals surface area contributed by atoms with E-state index in [2.05, 4.69) is 26.8 Å². The van der Waals surface area contributed by atoms with E-state index in [0.29, 0.717) is 6.04 Å². The molecule has 0 aromatic carbocycles. The lowest BCUT2D eigenvalue weighted by Gasteiger charge is -2.24. The molecule has 6 nitrogen and oxygen atoms in total. The van der Waals surface area contributed by atoms with Crippen LogP contribution in [-0.2, 0) is 20.0 Å². The molecule has 2 N–H and O–H groups in total. The zero-order chi connectivity index (χ0) is 16.4. The molecule has 24 heavy (non-hydrogen) atoms. The van der Waals surface area contributed by atoms with Crippen LogP contribution in [0.4, 0.5) is 0 Å². The first-order valence-corrected chi connectivity index (χ1v) is 8.85. The number of nitrogens with one attached hydrogen (secondary N) is 2. The van der Waals surface area contributed by atoms with Crippen LogP contribution in [0.2, 0.25) is 0 Å². The summed E-state index contributed by atoms with van der Waals surface area (Å²) in [5.74, 6) is 0.904. The molecule has 128 valence electrons. The maximum absolute atomic E-state index is 6.14. The van der Waals surface area contributed by atoms with E-state index >= 15 is 0 Å². The number of aromatic nitrogens is 3. The van der Waals surface area contributed by atoms with Gasteiger partial charge in [-0.15, -0.1) is 0 Å². The van der Waals surface area contributed by atoms with Crippen LogP contribution in [-0.4, -0.2) is 34.0 Å². The Morgan fingerprint density at radius 3 is 3.21 bits per heavy atom. The van der Waals surface area contributed by atoms with Crippen molar-refractivity contribution < 1.29 is 4.74 Å². The number of fused-ring (bicyclic) bond motifs is 1. The molecule has 1 fully saturated rings. The highest BCUT2D eigenvalue weighted by Crippen LogP contribution is 2.30. The third-order valence-electron chi connectivity index (χ3n) is 5.09. The first kappa shape index (κ1) is 15.6. The first-order chi connectivity index (χ1) is 11.8. The largest absolute Gasteiger partial charge is 0.487 e. The molecule has 1 saturated heterocycles. The summed E-state index contributed by atoms with van der Waals surface area (Å²) >= 11 is 0. The Hall–Kier alpha value is -1.92. The van der Waals surface area contributed by atoms with Gasteiger partial charge < -0.3 is 15.4 Å². The van der Waals surface area contributed by atoms with Crippen LogP contribution >= 0.6 is 0 Å². The fourth-order valence-electron chi connectivity index (χ4n) is 3.72. The van der Waals surface area contributed by atoms with E-state index in [4.69, 9.17) is 4.74 Å². The molecule has 4 rings (SSSR count). The molecule has 0 saturated carbocycles. The molecule has 3 heterocycles. The number of nitrogens with zero attached hydrogens (tertiary/aromatic N) is 3. The highest BCUT2D eigenvalue weighted by atomic mass is 16.5. The molecule has 0 spiro atoms. The van der Waals surface area contributed by atoms with Gasteiger partial charge in [0, 0.05) is 49.2 Å². The summed E-state index contributed by atoms with van der Waals surface area (Å²) in [5, 5.41) is 11.5. The maximum atomic E-state index is 6.14. The number of hydrogen-bond donors (Lipinski definition) is 2. The van der Waals surface area contributed by atoms with Gasteiger partial charge in [0.1, 0.15) is 11.9 Å². The highest BCUT2D eigenvalue weighted by Gasteiger charge is 2.23. The van der Waals surface area contributed by atoms with Crippen molar-refractivity contribution in [3.05, 3.63) is 41.5 Å². The summed E-state index contributed by atoms with van der Waals surface area (Å²) in [5.41, 5.74) is 3.88. The van der Waals surface area contributed by atoms with Crippen molar-refractivity contribution in [2.45, 2.75) is 44.4 Å². The molecule has 0 bridgehead atoms. The van der Waals surface area contributed by atoms with E-state index in [1.54, 1.807) is 0 Å². The van der Waals surface area contributed by atoms with Crippen molar-refractivity contribution in [3.63, 3.8) is 0 Å². The van der Waals surface area contributed by atoms with Crippen molar-refractivity contribution in [1.29, 1.82) is 0 Å². The lowest BCUT2D eigenvalue weighted by Crippen LogP contribution is -2.26. The second kappa shape index (κ2) is 6.91. The molecule has 0 amide bonds. The minimum absolute atomic E-state index is 0.257. The summed E-state index contributed by atoms with van der Waals surface area (Å²) in [4.78, 5) is 4.23. The van der Waals surface area contributed by atoms with Gasteiger partial charge >= 0.3 is 0 Å². The molecule has 2 aliphatic rings. The standard InChI is InChI=1S/C18H25N5O/c1-23-17-4-2-3-16(15(17)11-22-23)21-9-13-5-7-20-12-18(13)24-14-6-8-19-10-14/h5,7,11-12,14,16,19,21H,2-4,6,8-10H2,1H3/t14-,16?/m0/s1. The van der Waals surface area contributed by atoms with Crippen LogP contribution < -0.4 is 15.4 Å². The van der Waals surface area contributed by atoms with Crippen molar-refractivity contribution >= 4 is 0 Å². The summed E-state index contributed by atoms with van der Waals surface area (Å²) in [6.07, 6.45) is 10.5. The van der Waals surface area contributed by atoms with E-state index in [1.165, 1.54) is 23.2 Å². The maximum Gasteiger partial charge on any atom is 0.142 e. The Morgan fingerprint density at radius 1 is 1.38 bits per heavy atom. The van der Waals surface area contributed by atoms with Gasteiger partial charge in [-0.25, -0.2) is 0 Å². The monoisotopic (exact) mass is 327 g/mol. The summed E-state index contributed by atoms with van der Waals surface area (Å²) in [6.45, 7) is 2.74. The lowest BCUT2D eigenvalue weighted by molar-refractivity contribution is 0.219. The number of ether oxygens (including phenoxy) is 1. The van der Waals surface area contributed by atoms with Gasteiger partial charge in [0.2, 0.25) is 0 Å². The molecule has 6 heteroatoms. The Balaban J connectivity index is 1.44. The Kier molecular flexibility index (Phi) is 4.49. The predicted molar refractivity (Wildman–Crippen MR) is 91.9 cm³/mol. The van der Waals surface area contributed by atoms with E-state index in [1.807, 2.05) is 30.3 Å². The van der Waals surface area contributed by atoms with E-state index in [0.717, 1.165) is 44.6 Å². The third kappa shape index (κ3) is 3.16. The van der Waals surface area contributed by atoms with Gasteiger partial charge in [-0.3, -0.25) is 9.67 Å². The number of rotatable bonds is 5. The predicted octanol–water partition coefficient (Wildman–Crippen LogP) is 1.72. The minimum Gasteiger partial charge on any atom is -0.487 e.